The van der Waals surface area contributed by atoms with E-state index in [9.17, 15) is 4.79 Å². The monoisotopic (exact) mass is 404 g/mol. The molecule has 0 bridgehead atoms. The second-order valence-electron chi connectivity index (χ2n) is 6.23. The Morgan fingerprint density at radius 3 is 2.74 bits per heavy atom. The highest BCUT2D eigenvalue weighted by Crippen LogP contribution is 2.22. The van der Waals surface area contributed by atoms with Crippen molar-refractivity contribution in [1.29, 1.82) is 0 Å². The molecule has 0 fully saturated rings. The number of halogens is 1. The Morgan fingerprint density at radius 2 is 2.11 bits per heavy atom. The largest absolute Gasteiger partial charge is 0.341 e. The van der Waals surface area contributed by atoms with E-state index in [0.717, 1.165) is 30.1 Å². The van der Waals surface area contributed by atoms with Crippen LogP contribution in [-0.2, 0) is 24.8 Å². The lowest BCUT2D eigenvalue weighted by molar-refractivity contribution is -0.122. The maximum atomic E-state index is 12.8. The van der Waals surface area contributed by atoms with E-state index in [0.29, 0.717) is 9.79 Å². The molecule has 0 aliphatic rings. The van der Waals surface area contributed by atoms with Crippen LogP contribution in [0, 0.1) is 4.77 Å². The van der Waals surface area contributed by atoms with Crippen LogP contribution in [0.3, 0.4) is 0 Å². The number of carbonyl (C=O) groups is 1. The third-order valence-electron chi connectivity index (χ3n) is 4.24. The van der Waals surface area contributed by atoms with E-state index in [1.54, 1.807) is 22.9 Å². The highest BCUT2D eigenvalue weighted by atomic mass is 35.5. The third-order valence-corrected chi connectivity index (χ3v) is 4.80. The summed E-state index contributed by atoms with van der Waals surface area (Å²) in [6.45, 7) is 2.15. The lowest BCUT2D eigenvalue weighted by Gasteiger charge is -2.19. The summed E-state index contributed by atoms with van der Waals surface area (Å²) >= 11 is 11.3. The molecule has 9 heteroatoms. The van der Waals surface area contributed by atoms with Crippen LogP contribution in [-0.4, -0.2) is 30.2 Å². The van der Waals surface area contributed by atoms with E-state index in [4.69, 9.17) is 23.8 Å². The van der Waals surface area contributed by atoms with Gasteiger partial charge in [-0.3, -0.25) is 14.5 Å². The van der Waals surface area contributed by atoms with Gasteiger partial charge in [-0.1, -0.05) is 30.7 Å². The highest BCUT2D eigenvalue weighted by Gasteiger charge is 2.21. The minimum absolute atomic E-state index is 0.0964. The van der Waals surface area contributed by atoms with Crippen molar-refractivity contribution in [3.63, 3.8) is 0 Å². The van der Waals surface area contributed by atoms with Crippen molar-refractivity contribution < 1.29 is 4.79 Å². The van der Waals surface area contributed by atoms with Gasteiger partial charge in [0.1, 0.15) is 24.2 Å². The van der Waals surface area contributed by atoms with Gasteiger partial charge in [-0.2, -0.15) is 5.10 Å². The summed E-state index contributed by atoms with van der Waals surface area (Å²) in [6, 6.07) is 6.96. The molecule has 1 unspecified atom stereocenters. The average molecular weight is 405 g/mol. The summed E-state index contributed by atoms with van der Waals surface area (Å²) < 4.78 is 4.05. The number of hydrogen-bond donors (Lipinski definition) is 2. The van der Waals surface area contributed by atoms with Gasteiger partial charge in [0.2, 0.25) is 5.91 Å². The van der Waals surface area contributed by atoms with Crippen molar-refractivity contribution >= 4 is 29.7 Å². The Labute approximate surface area is 167 Å². The number of hydrogen-bond acceptors (Lipinski definition) is 4. The number of benzene rings is 1. The van der Waals surface area contributed by atoms with Crippen molar-refractivity contribution in [2.24, 2.45) is 7.05 Å². The summed E-state index contributed by atoms with van der Waals surface area (Å²) in [6.07, 6.45) is 5.22. The molecule has 1 amide bonds. The predicted octanol–water partition coefficient (Wildman–Crippen LogP) is 3.19. The molecular formula is C18H21ClN6OS. The van der Waals surface area contributed by atoms with Gasteiger partial charge in [0.25, 0.3) is 0 Å². The van der Waals surface area contributed by atoms with Crippen molar-refractivity contribution in [2.75, 3.05) is 0 Å². The van der Waals surface area contributed by atoms with E-state index in [-0.39, 0.29) is 12.5 Å². The number of carbonyl (C=O) groups excluding carboxylic acids is 1. The Kier molecular flexibility index (Phi) is 6.08. The molecule has 1 atom stereocenters. The number of aryl methyl sites for hydroxylation is 2. The molecule has 2 aromatic heterocycles. The Balaban J connectivity index is 1.85. The molecular weight excluding hydrogens is 384 g/mol. The summed E-state index contributed by atoms with van der Waals surface area (Å²) in [4.78, 5) is 17.2. The minimum Gasteiger partial charge on any atom is -0.341 e. The van der Waals surface area contributed by atoms with Gasteiger partial charge in [-0.25, -0.2) is 4.98 Å². The van der Waals surface area contributed by atoms with E-state index in [1.807, 2.05) is 29.9 Å². The SMILES string of the molecule is CCCc1n[nH]c(=S)n1CC(=O)NC(c1ccc(Cl)cc1)c1nccn1C. The van der Waals surface area contributed by atoms with Crippen LogP contribution < -0.4 is 5.32 Å². The van der Waals surface area contributed by atoms with Crippen LogP contribution in [0.2, 0.25) is 5.02 Å². The molecule has 142 valence electrons. The van der Waals surface area contributed by atoms with E-state index in [1.165, 1.54) is 0 Å². The predicted molar refractivity (Wildman–Crippen MR) is 106 cm³/mol. The Hall–Kier alpha value is -2.45. The molecule has 0 spiro atoms. The molecule has 0 radical (unpaired) electrons. The maximum absolute atomic E-state index is 12.8. The second kappa shape index (κ2) is 8.49. The highest BCUT2D eigenvalue weighted by molar-refractivity contribution is 7.71. The van der Waals surface area contributed by atoms with Crippen LogP contribution in [0.25, 0.3) is 0 Å². The van der Waals surface area contributed by atoms with Gasteiger partial charge in [0.15, 0.2) is 4.77 Å². The zero-order valence-corrected chi connectivity index (χ0v) is 16.7. The lowest BCUT2D eigenvalue weighted by atomic mass is 10.1. The number of H-pyrrole nitrogens is 1. The lowest BCUT2D eigenvalue weighted by Crippen LogP contribution is -2.34. The van der Waals surface area contributed by atoms with Gasteiger partial charge in [0, 0.05) is 30.9 Å². The van der Waals surface area contributed by atoms with Crippen molar-refractivity contribution in [3.05, 3.63) is 63.7 Å². The number of aromatic amines is 1. The smallest absolute Gasteiger partial charge is 0.240 e. The van der Waals surface area contributed by atoms with E-state index in [2.05, 4.69) is 27.4 Å². The fraction of sp³-hybridized carbons (Fsp3) is 0.333. The van der Waals surface area contributed by atoms with Crippen LogP contribution >= 0.6 is 23.8 Å². The second-order valence-corrected chi connectivity index (χ2v) is 7.05. The molecule has 3 aromatic rings. The first-order valence-corrected chi connectivity index (χ1v) is 9.44. The number of imidazole rings is 1. The first kappa shape index (κ1) is 19.3. The van der Waals surface area contributed by atoms with Crippen LogP contribution in [0.5, 0.6) is 0 Å². The summed E-state index contributed by atoms with van der Waals surface area (Å²) in [5, 5.41) is 10.7. The van der Waals surface area contributed by atoms with E-state index < -0.39 is 6.04 Å². The standard InChI is InChI=1S/C18H21ClN6OS/c1-3-4-14-22-23-18(27)25(14)11-15(26)21-16(17-20-9-10-24(17)2)12-5-7-13(19)8-6-12/h5-10,16H,3-4,11H2,1-2H3,(H,21,26)(H,23,27). The fourth-order valence-corrected chi connectivity index (χ4v) is 3.23. The Bertz CT molecular complexity index is 974. The normalized spacial score (nSPS) is 12.1. The van der Waals surface area contributed by atoms with E-state index >= 15 is 0 Å². The minimum atomic E-state index is -0.398. The topological polar surface area (TPSA) is 80.5 Å². The number of rotatable bonds is 7. The molecule has 0 saturated carbocycles. The van der Waals surface area contributed by atoms with Crippen molar-refractivity contribution in [2.45, 2.75) is 32.4 Å². The zero-order valence-electron chi connectivity index (χ0n) is 15.1. The first-order valence-electron chi connectivity index (χ1n) is 8.65. The van der Waals surface area contributed by atoms with Gasteiger partial charge >= 0.3 is 0 Å². The molecule has 27 heavy (non-hydrogen) atoms. The molecule has 2 heterocycles. The van der Waals surface area contributed by atoms with Crippen molar-refractivity contribution in [1.82, 2.24) is 29.6 Å². The molecule has 7 nitrogen and oxygen atoms in total. The molecule has 0 aliphatic heterocycles. The summed E-state index contributed by atoms with van der Waals surface area (Å²) in [5.74, 6) is 1.33. The van der Waals surface area contributed by atoms with Crippen LogP contribution in [0.15, 0.2) is 36.7 Å². The molecule has 1 aromatic carbocycles. The molecule has 2 N–H and O–H groups in total. The maximum Gasteiger partial charge on any atom is 0.240 e. The molecule has 3 rings (SSSR count). The first-order chi connectivity index (χ1) is 13.0. The number of nitrogens with one attached hydrogen (secondary N) is 2. The third kappa shape index (κ3) is 4.45. The van der Waals surface area contributed by atoms with Gasteiger partial charge in [0.05, 0.1) is 0 Å². The number of nitrogens with zero attached hydrogens (tertiary/aromatic N) is 4. The average Bonchev–Trinajstić information content (AvgIpc) is 3.21. The van der Waals surface area contributed by atoms with Gasteiger partial charge in [-0.05, 0) is 36.3 Å². The van der Waals surface area contributed by atoms with Crippen LogP contribution in [0.4, 0.5) is 0 Å². The molecule has 0 aliphatic carbocycles. The molecule has 0 saturated heterocycles. The number of amides is 1. The fourth-order valence-electron chi connectivity index (χ4n) is 2.89. The van der Waals surface area contributed by atoms with Gasteiger partial charge < -0.3 is 9.88 Å². The van der Waals surface area contributed by atoms with Gasteiger partial charge in [-0.15, -0.1) is 0 Å². The zero-order chi connectivity index (χ0) is 19.4. The van der Waals surface area contributed by atoms with Crippen LogP contribution in [0.1, 0.15) is 36.6 Å². The number of aromatic nitrogens is 5. The van der Waals surface area contributed by atoms with Crippen molar-refractivity contribution in [3.8, 4) is 0 Å². The summed E-state index contributed by atoms with van der Waals surface area (Å²) in [5.41, 5.74) is 0.895. The Morgan fingerprint density at radius 1 is 1.37 bits per heavy atom. The quantitative estimate of drug-likeness (QED) is 0.592. The summed E-state index contributed by atoms with van der Waals surface area (Å²) in [7, 11) is 1.89.